The molecule has 3 heterocycles. The van der Waals surface area contributed by atoms with Gasteiger partial charge < -0.3 is 15.3 Å². The van der Waals surface area contributed by atoms with E-state index in [1.165, 1.54) is 50.2 Å². The fraction of sp³-hybridized carbons (Fsp3) is 0.158. The van der Waals surface area contributed by atoms with E-state index in [0.29, 0.717) is 11.3 Å². The zero-order valence-electron chi connectivity index (χ0n) is 15.1. The van der Waals surface area contributed by atoms with Gasteiger partial charge >= 0.3 is 0 Å². The van der Waals surface area contributed by atoms with E-state index < -0.39 is 23.6 Å². The van der Waals surface area contributed by atoms with Crippen LogP contribution in [0.1, 0.15) is 23.2 Å². The number of pyridine rings is 1. The summed E-state index contributed by atoms with van der Waals surface area (Å²) < 4.78 is 31.4. The molecular weight excluding hydrogens is 384 g/mol. The first-order chi connectivity index (χ1) is 13.8. The molecule has 10 heteroatoms. The Morgan fingerprint density at radius 2 is 1.97 bits per heavy atom. The number of guanidine groups is 1. The molecule has 0 saturated heterocycles. The minimum Gasteiger partial charge on any atom is -0.507 e. The highest BCUT2D eigenvalue weighted by molar-refractivity contribution is 6.09. The van der Waals surface area contributed by atoms with Gasteiger partial charge in [-0.25, -0.2) is 18.8 Å². The number of benzene rings is 1. The Bertz CT molecular complexity index is 1120. The Labute approximate surface area is 163 Å². The number of aliphatic imine (C=N–C) groups is 1. The largest absolute Gasteiger partial charge is 0.507 e. The van der Waals surface area contributed by atoms with Crippen molar-refractivity contribution in [3.05, 3.63) is 66.0 Å². The third-order valence-corrected chi connectivity index (χ3v) is 4.79. The van der Waals surface area contributed by atoms with E-state index in [1.807, 2.05) is 0 Å². The minimum atomic E-state index is -2.83. The second-order valence-electron chi connectivity index (χ2n) is 6.42. The van der Waals surface area contributed by atoms with Gasteiger partial charge in [0.15, 0.2) is 17.9 Å². The number of likely N-dealkylation sites (N-methyl/N-ethyl adjacent to an activating group) is 1. The summed E-state index contributed by atoms with van der Waals surface area (Å²) in [6.45, 7) is 0. The Balaban J connectivity index is 1.98. The van der Waals surface area contributed by atoms with Crippen molar-refractivity contribution in [2.24, 2.45) is 10.7 Å². The molecule has 4 rings (SSSR count). The van der Waals surface area contributed by atoms with Crippen molar-refractivity contribution in [2.75, 3.05) is 7.05 Å². The van der Waals surface area contributed by atoms with E-state index in [-0.39, 0.29) is 22.8 Å². The van der Waals surface area contributed by atoms with Crippen molar-refractivity contribution in [2.45, 2.75) is 12.0 Å². The lowest BCUT2D eigenvalue weighted by molar-refractivity contribution is -0.129. The number of hydrogen-bond acceptors (Lipinski definition) is 7. The van der Waals surface area contributed by atoms with E-state index in [0.717, 1.165) is 11.0 Å². The maximum absolute atomic E-state index is 13.2. The number of nitrogens with zero attached hydrogens (tertiary/aromatic N) is 4. The number of alkyl halides is 2. The minimum absolute atomic E-state index is 0.0681. The van der Waals surface area contributed by atoms with Crippen LogP contribution in [0, 0.1) is 0 Å². The molecule has 0 bridgehead atoms. The summed E-state index contributed by atoms with van der Waals surface area (Å²) >= 11 is 0. The number of oxazole rings is 1. The summed E-state index contributed by atoms with van der Waals surface area (Å²) in [7, 11) is 1.44. The van der Waals surface area contributed by atoms with Crippen LogP contribution in [0.15, 0.2) is 58.6 Å². The van der Waals surface area contributed by atoms with E-state index in [1.54, 1.807) is 0 Å². The van der Waals surface area contributed by atoms with Crippen LogP contribution in [0.3, 0.4) is 0 Å². The monoisotopic (exact) mass is 399 g/mol. The first-order valence-corrected chi connectivity index (χ1v) is 8.44. The molecule has 1 unspecified atom stereocenters. The van der Waals surface area contributed by atoms with E-state index in [4.69, 9.17) is 10.2 Å². The predicted octanol–water partition coefficient (Wildman–Crippen LogP) is 2.41. The normalized spacial score (nSPS) is 19.1. The lowest BCUT2D eigenvalue weighted by Crippen LogP contribution is -2.41. The predicted molar refractivity (Wildman–Crippen MR) is 98.0 cm³/mol. The van der Waals surface area contributed by atoms with Gasteiger partial charge in [-0.15, -0.1) is 0 Å². The smallest absolute Gasteiger partial charge is 0.280 e. The molecule has 0 saturated carbocycles. The number of aromatic hydroxyl groups is 1. The summed E-state index contributed by atoms with van der Waals surface area (Å²) in [5.74, 6) is -0.698. The van der Waals surface area contributed by atoms with Crippen molar-refractivity contribution in [1.29, 1.82) is 0 Å². The number of hydrogen-bond donors (Lipinski definition) is 2. The van der Waals surface area contributed by atoms with Gasteiger partial charge in [0, 0.05) is 18.8 Å². The van der Waals surface area contributed by atoms with Crippen molar-refractivity contribution in [3.8, 4) is 17.0 Å². The average molecular weight is 399 g/mol. The van der Waals surface area contributed by atoms with Crippen molar-refractivity contribution >= 4 is 11.9 Å². The molecule has 1 aromatic carbocycles. The summed E-state index contributed by atoms with van der Waals surface area (Å²) in [6.07, 6.45) is 0.884. The van der Waals surface area contributed by atoms with Crippen LogP contribution in [0.25, 0.3) is 11.3 Å². The summed E-state index contributed by atoms with van der Waals surface area (Å²) in [5, 5.41) is 10.2. The van der Waals surface area contributed by atoms with E-state index >= 15 is 0 Å². The Morgan fingerprint density at radius 1 is 1.21 bits per heavy atom. The molecule has 2 aromatic heterocycles. The zero-order valence-corrected chi connectivity index (χ0v) is 15.1. The standard InChI is InChI=1S/C19H15F2N5O3/c1-26-17(28)19(25-18(26)22,11-4-5-23-13(7-11)16(20)21)10-2-3-15(27)12(6-10)14-8-29-9-24-14/h2-9,16,27H,1H3,(H2,22,25). The molecule has 3 N–H and O–H groups in total. The molecule has 0 fully saturated rings. The highest BCUT2D eigenvalue weighted by Crippen LogP contribution is 2.42. The SMILES string of the molecule is CN1C(=O)C(c2ccnc(C(F)F)c2)(c2ccc(O)c(-c3cocn3)c2)N=C1N. The van der Waals surface area contributed by atoms with Gasteiger partial charge in [0.25, 0.3) is 12.3 Å². The molecule has 8 nitrogen and oxygen atoms in total. The van der Waals surface area contributed by atoms with Crippen LogP contribution in [0.2, 0.25) is 0 Å². The van der Waals surface area contributed by atoms with Crippen molar-refractivity contribution in [3.63, 3.8) is 0 Å². The number of nitrogens with two attached hydrogens (primary N) is 1. The molecule has 0 spiro atoms. The molecule has 0 radical (unpaired) electrons. The molecule has 1 atom stereocenters. The molecular formula is C19H15F2N5O3. The van der Waals surface area contributed by atoms with E-state index in [9.17, 15) is 18.7 Å². The van der Waals surface area contributed by atoms with Crippen LogP contribution < -0.4 is 5.73 Å². The van der Waals surface area contributed by atoms with Crippen LogP contribution in [0.4, 0.5) is 8.78 Å². The average Bonchev–Trinajstić information content (AvgIpc) is 3.32. The number of aromatic nitrogens is 2. The Kier molecular flexibility index (Phi) is 4.26. The molecule has 3 aromatic rings. The molecule has 29 heavy (non-hydrogen) atoms. The summed E-state index contributed by atoms with van der Waals surface area (Å²) in [4.78, 5) is 26.4. The van der Waals surface area contributed by atoms with Crippen LogP contribution >= 0.6 is 0 Å². The maximum Gasteiger partial charge on any atom is 0.280 e. The van der Waals surface area contributed by atoms with Gasteiger partial charge in [-0.3, -0.25) is 14.7 Å². The quantitative estimate of drug-likeness (QED) is 0.696. The molecule has 148 valence electrons. The van der Waals surface area contributed by atoms with Crippen molar-refractivity contribution in [1.82, 2.24) is 14.9 Å². The molecule has 1 aliphatic rings. The van der Waals surface area contributed by atoms with Gasteiger partial charge in [-0.2, -0.15) is 0 Å². The number of amides is 1. The number of phenols is 1. The van der Waals surface area contributed by atoms with Gasteiger partial charge in [0.2, 0.25) is 0 Å². The fourth-order valence-corrected chi connectivity index (χ4v) is 3.29. The topological polar surface area (TPSA) is 118 Å². The van der Waals surface area contributed by atoms with E-state index in [2.05, 4.69) is 15.0 Å². The number of phenolic OH excluding ortho intramolecular Hbond substituents is 1. The second kappa shape index (κ2) is 6.66. The number of halogens is 2. The molecule has 0 aliphatic carbocycles. The van der Waals surface area contributed by atoms with Gasteiger partial charge in [-0.1, -0.05) is 6.07 Å². The first-order valence-electron chi connectivity index (χ1n) is 8.44. The maximum atomic E-state index is 13.2. The third-order valence-electron chi connectivity index (χ3n) is 4.79. The van der Waals surface area contributed by atoms with Crippen LogP contribution in [-0.2, 0) is 10.3 Å². The second-order valence-corrected chi connectivity index (χ2v) is 6.42. The van der Waals surface area contributed by atoms with Crippen molar-refractivity contribution < 1.29 is 23.1 Å². The molecule has 1 aliphatic heterocycles. The third kappa shape index (κ3) is 2.80. The Hall–Kier alpha value is -3.82. The number of carbonyl (C=O) groups excluding carboxylic acids is 1. The summed E-state index contributed by atoms with van der Waals surface area (Å²) in [6, 6.07) is 6.91. The number of carbonyl (C=O) groups is 1. The zero-order chi connectivity index (χ0) is 20.8. The van der Waals surface area contributed by atoms with Crippen LogP contribution in [-0.4, -0.2) is 38.9 Å². The number of rotatable bonds is 4. The molecule has 1 amide bonds. The van der Waals surface area contributed by atoms with Crippen LogP contribution in [0.5, 0.6) is 5.75 Å². The van der Waals surface area contributed by atoms with Gasteiger partial charge in [0.05, 0.1) is 0 Å². The fourth-order valence-electron chi connectivity index (χ4n) is 3.29. The Morgan fingerprint density at radius 3 is 2.59 bits per heavy atom. The lowest BCUT2D eigenvalue weighted by Gasteiger charge is -2.26. The summed E-state index contributed by atoms with van der Waals surface area (Å²) in [5.41, 5.74) is 4.80. The highest BCUT2D eigenvalue weighted by atomic mass is 19.3. The van der Waals surface area contributed by atoms with Gasteiger partial charge in [0.1, 0.15) is 23.4 Å². The highest BCUT2D eigenvalue weighted by Gasteiger charge is 2.50. The van der Waals surface area contributed by atoms with Gasteiger partial charge in [-0.05, 0) is 35.4 Å². The first kappa shape index (κ1) is 18.5. The lowest BCUT2D eigenvalue weighted by atomic mass is 9.82.